The minimum Gasteiger partial charge on any atom is -0.310 e. The van der Waals surface area contributed by atoms with Crippen molar-refractivity contribution in [2.24, 2.45) is 7.05 Å². The molecule has 0 bridgehead atoms. The van der Waals surface area contributed by atoms with Gasteiger partial charge in [-0.25, -0.2) is 14.1 Å². The Hall–Kier alpha value is -1.40. The summed E-state index contributed by atoms with van der Waals surface area (Å²) in [6.45, 7) is 6.86. The van der Waals surface area contributed by atoms with Crippen LogP contribution in [0.3, 0.4) is 0 Å². The average Bonchev–Trinajstić information content (AvgIpc) is 2.85. The average molecular weight is 308 g/mol. The molecule has 1 aromatic carbocycles. The maximum absolute atomic E-state index is 13.9. The van der Waals surface area contributed by atoms with Crippen molar-refractivity contribution in [1.82, 2.24) is 20.1 Å². The van der Waals surface area contributed by atoms with Crippen molar-refractivity contribution in [3.05, 3.63) is 35.4 Å². The lowest BCUT2D eigenvalue weighted by molar-refractivity contribution is 0.552. The Kier molecular flexibility index (Phi) is 5.36. The summed E-state index contributed by atoms with van der Waals surface area (Å²) in [6.07, 6.45) is 2.57. The Bertz CT molecular complexity index is 612. The summed E-state index contributed by atoms with van der Waals surface area (Å²) in [5.74, 6) is -0.169. The molecule has 0 aliphatic carbocycles. The van der Waals surface area contributed by atoms with Crippen molar-refractivity contribution < 1.29 is 4.39 Å². The van der Waals surface area contributed by atoms with Gasteiger partial charge in [-0.05, 0) is 61.8 Å². The summed E-state index contributed by atoms with van der Waals surface area (Å²) in [7, 11) is 1.85. The van der Waals surface area contributed by atoms with E-state index in [1.807, 2.05) is 13.1 Å². The second kappa shape index (κ2) is 7.04. The Balaban J connectivity index is 2.33. The lowest BCUT2D eigenvalue weighted by Gasteiger charge is -2.18. The van der Waals surface area contributed by atoms with E-state index in [0.29, 0.717) is 5.56 Å². The second-order valence-electron chi connectivity index (χ2n) is 5.08. The minimum absolute atomic E-state index is 0.0933. The van der Waals surface area contributed by atoms with Crippen LogP contribution in [0, 0.1) is 12.7 Å². The number of hydrogen-bond acceptors (Lipinski definition) is 4. The van der Waals surface area contributed by atoms with Crippen LogP contribution < -0.4 is 5.32 Å². The Labute approximate surface area is 129 Å². The number of nitrogens with one attached hydrogen (secondary N) is 1. The van der Waals surface area contributed by atoms with Gasteiger partial charge in [0.25, 0.3) is 0 Å². The first-order chi connectivity index (χ1) is 10.0. The Morgan fingerprint density at radius 1 is 1.43 bits per heavy atom. The predicted molar refractivity (Wildman–Crippen MR) is 83.0 cm³/mol. The molecule has 2 rings (SSSR count). The first-order valence-electron chi connectivity index (χ1n) is 7.08. The molecule has 21 heavy (non-hydrogen) atoms. The molecule has 0 radical (unpaired) electrons. The molecule has 2 aromatic rings. The molecule has 0 spiro atoms. The summed E-state index contributed by atoms with van der Waals surface area (Å²) >= 11 is 1.51. The van der Waals surface area contributed by atoms with Crippen LogP contribution in [0.5, 0.6) is 0 Å². The molecule has 4 nitrogen and oxygen atoms in total. The van der Waals surface area contributed by atoms with E-state index in [1.165, 1.54) is 18.1 Å². The van der Waals surface area contributed by atoms with Crippen molar-refractivity contribution in [2.45, 2.75) is 43.3 Å². The lowest BCUT2D eigenvalue weighted by atomic mass is 10.1. The van der Waals surface area contributed by atoms with Crippen molar-refractivity contribution in [3.63, 3.8) is 0 Å². The normalized spacial score (nSPS) is 12.6. The highest BCUT2D eigenvalue weighted by atomic mass is 32.2. The van der Waals surface area contributed by atoms with E-state index in [2.05, 4.69) is 29.2 Å². The topological polar surface area (TPSA) is 42.7 Å². The smallest absolute Gasteiger partial charge is 0.190 e. The largest absolute Gasteiger partial charge is 0.310 e. The van der Waals surface area contributed by atoms with Gasteiger partial charge in [0.15, 0.2) is 5.16 Å². The fourth-order valence-electron chi connectivity index (χ4n) is 2.04. The highest BCUT2D eigenvalue weighted by Gasteiger charge is 2.16. The Morgan fingerprint density at radius 2 is 2.19 bits per heavy atom. The van der Waals surface area contributed by atoms with Gasteiger partial charge in [0.2, 0.25) is 0 Å². The van der Waals surface area contributed by atoms with Gasteiger partial charge in [0, 0.05) is 18.0 Å². The van der Waals surface area contributed by atoms with Gasteiger partial charge in [-0.1, -0.05) is 6.92 Å². The van der Waals surface area contributed by atoms with Gasteiger partial charge in [-0.3, -0.25) is 0 Å². The molecule has 0 saturated heterocycles. The van der Waals surface area contributed by atoms with Crippen molar-refractivity contribution in [3.8, 4) is 0 Å². The molecule has 0 aliphatic rings. The van der Waals surface area contributed by atoms with E-state index < -0.39 is 0 Å². The summed E-state index contributed by atoms with van der Waals surface area (Å²) in [6, 6.07) is 3.60. The van der Waals surface area contributed by atoms with Gasteiger partial charge < -0.3 is 5.32 Å². The zero-order valence-corrected chi connectivity index (χ0v) is 13.7. The van der Waals surface area contributed by atoms with Gasteiger partial charge in [0.05, 0.1) is 0 Å². The van der Waals surface area contributed by atoms with Crippen molar-refractivity contribution >= 4 is 11.8 Å². The SMILES string of the molecule is CCCNC(C)c1cc(F)c(C)cc1Sc1ncnn1C. The van der Waals surface area contributed by atoms with Gasteiger partial charge in [-0.15, -0.1) is 0 Å². The van der Waals surface area contributed by atoms with Crippen molar-refractivity contribution in [2.75, 3.05) is 6.54 Å². The number of hydrogen-bond donors (Lipinski definition) is 1. The standard InChI is InChI=1S/C15H21FN4S/c1-5-6-17-11(3)12-8-13(16)10(2)7-14(12)21-15-18-9-19-20(15)4/h7-9,11,17H,5-6H2,1-4H3. The lowest BCUT2D eigenvalue weighted by Crippen LogP contribution is -2.20. The molecule has 1 heterocycles. The third-order valence-electron chi connectivity index (χ3n) is 3.33. The molecule has 6 heteroatoms. The quantitative estimate of drug-likeness (QED) is 0.887. The monoisotopic (exact) mass is 308 g/mol. The van der Waals surface area contributed by atoms with Gasteiger partial charge in [-0.2, -0.15) is 5.10 Å². The first kappa shape index (κ1) is 16.0. The van der Waals surface area contributed by atoms with Crippen LogP contribution in [0.2, 0.25) is 0 Å². The van der Waals surface area contributed by atoms with E-state index >= 15 is 0 Å². The molecule has 1 aromatic heterocycles. The number of halogens is 1. The van der Waals surface area contributed by atoms with E-state index in [-0.39, 0.29) is 11.9 Å². The van der Waals surface area contributed by atoms with Crippen LogP contribution in [-0.2, 0) is 7.05 Å². The van der Waals surface area contributed by atoms with Crippen molar-refractivity contribution in [1.29, 1.82) is 0 Å². The number of rotatable bonds is 6. The molecule has 114 valence electrons. The number of nitrogens with zero attached hydrogens (tertiary/aromatic N) is 3. The molecule has 0 aliphatic heterocycles. The third kappa shape index (κ3) is 3.83. The third-order valence-corrected chi connectivity index (χ3v) is 4.45. The maximum atomic E-state index is 13.9. The van der Waals surface area contributed by atoms with Crippen LogP contribution in [0.25, 0.3) is 0 Å². The zero-order chi connectivity index (χ0) is 15.4. The van der Waals surface area contributed by atoms with E-state index in [1.54, 1.807) is 17.7 Å². The molecule has 1 unspecified atom stereocenters. The molecule has 0 saturated carbocycles. The molecule has 1 N–H and O–H groups in total. The summed E-state index contributed by atoms with van der Waals surface area (Å²) < 4.78 is 15.6. The van der Waals surface area contributed by atoms with Crippen LogP contribution in [0.1, 0.15) is 37.4 Å². The van der Waals surface area contributed by atoms with Crippen LogP contribution in [-0.4, -0.2) is 21.3 Å². The molecular formula is C15H21FN4S. The number of benzene rings is 1. The summed E-state index contributed by atoms with van der Waals surface area (Å²) in [5, 5.41) is 8.28. The summed E-state index contributed by atoms with van der Waals surface area (Å²) in [4.78, 5) is 5.24. The first-order valence-corrected chi connectivity index (χ1v) is 7.89. The van der Waals surface area contributed by atoms with Crippen LogP contribution in [0.4, 0.5) is 4.39 Å². The fraction of sp³-hybridized carbons (Fsp3) is 0.467. The van der Waals surface area contributed by atoms with Crippen LogP contribution in [0.15, 0.2) is 28.5 Å². The number of aromatic nitrogens is 3. The van der Waals surface area contributed by atoms with Crippen LogP contribution >= 0.6 is 11.8 Å². The highest BCUT2D eigenvalue weighted by Crippen LogP contribution is 2.33. The number of aryl methyl sites for hydroxylation is 2. The maximum Gasteiger partial charge on any atom is 0.190 e. The predicted octanol–water partition coefficient (Wildman–Crippen LogP) is 3.47. The molecule has 0 fully saturated rings. The van der Waals surface area contributed by atoms with E-state index in [4.69, 9.17) is 0 Å². The Morgan fingerprint density at radius 3 is 2.81 bits per heavy atom. The fourth-order valence-corrected chi connectivity index (χ4v) is 3.11. The summed E-state index contributed by atoms with van der Waals surface area (Å²) in [5.41, 5.74) is 1.60. The second-order valence-corrected chi connectivity index (χ2v) is 6.09. The van der Waals surface area contributed by atoms with Gasteiger partial charge in [0.1, 0.15) is 12.1 Å². The zero-order valence-electron chi connectivity index (χ0n) is 12.9. The van der Waals surface area contributed by atoms with Gasteiger partial charge >= 0.3 is 0 Å². The highest BCUT2D eigenvalue weighted by molar-refractivity contribution is 7.99. The molecule has 0 amide bonds. The minimum atomic E-state index is -0.169. The van der Waals surface area contributed by atoms with E-state index in [9.17, 15) is 4.39 Å². The van der Waals surface area contributed by atoms with E-state index in [0.717, 1.165) is 28.6 Å². The molecule has 1 atom stereocenters. The molecular weight excluding hydrogens is 287 g/mol.